The van der Waals surface area contributed by atoms with Crippen LogP contribution < -0.4 is 10.6 Å². The minimum atomic E-state index is -0.958. The van der Waals surface area contributed by atoms with Gasteiger partial charge >= 0.3 is 5.97 Å². The molecule has 1 unspecified atom stereocenters. The van der Waals surface area contributed by atoms with Crippen LogP contribution in [0.4, 0.5) is 11.6 Å². The number of pyridine rings is 1. The Morgan fingerprint density at radius 3 is 2.74 bits per heavy atom. The van der Waals surface area contributed by atoms with Gasteiger partial charge in [-0.2, -0.15) is 0 Å². The zero-order chi connectivity index (χ0) is 26.7. The summed E-state index contributed by atoms with van der Waals surface area (Å²) in [6.45, 7) is 2.47. The molecule has 0 aliphatic carbocycles. The van der Waals surface area contributed by atoms with Gasteiger partial charge < -0.3 is 30.9 Å². The van der Waals surface area contributed by atoms with Crippen molar-refractivity contribution in [3.63, 3.8) is 0 Å². The van der Waals surface area contributed by atoms with Crippen LogP contribution in [0.15, 0.2) is 42.7 Å². The number of nitrogens with zero attached hydrogens (tertiary/aromatic N) is 4. The molecule has 0 spiro atoms. The number of hydrogen-bond donors (Lipinski definition) is 5. The Morgan fingerprint density at radius 1 is 1.08 bits per heavy atom. The van der Waals surface area contributed by atoms with E-state index >= 15 is 0 Å². The second-order valence-electron chi connectivity index (χ2n) is 9.89. The lowest BCUT2D eigenvalue weighted by Gasteiger charge is -2.27. The number of aryl methyl sites for hydroxylation is 2. The van der Waals surface area contributed by atoms with Crippen molar-refractivity contribution in [3.8, 4) is 0 Å². The van der Waals surface area contributed by atoms with Crippen LogP contribution in [0.2, 0.25) is 0 Å². The Hall–Kier alpha value is -3.34. The van der Waals surface area contributed by atoms with Crippen LogP contribution in [0.3, 0.4) is 0 Å². The fourth-order valence-electron chi connectivity index (χ4n) is 4.84. The average molecular weight is 523 g/mol. The Bertz CT molecular complexity index is 1180. The molecule has 0 amide bonds. The first-order chi connectivity index (χ1) is 18.6. The van der Waals surface area contributed by atoms with Gasteiger partial charge in [0.2, 0.25) is 0 Å². The fourth-order valence-corrected chi connectivity index (χ4v) is 4.84. The number of unbranched alkanes of at least 4 members (excludes halogenated alkanes) is 1. The molecular formula is C28H38N6O4. The maximum atomic E-state index is 12.1. The average Bonchev–Trinajstić information content (AvgIpc) is 2.95. The number of carboxylic acid groups (broad SMARTS) is 1. The second kappa shape index (κ2) is 14.0. The van der Waals surface area contributed by atoms with Crippen LogP contribution in [0.1, 0.15) is 36.9 Å². The van der Waals surface area contributed by atoms with E-state index in [2.05, 4.69) is 37.6 Å². The minimum absolute atomic E-state index is 0.118. The number of nitrogens with one attached hydrogen (secondary N) is 2. The number of anilines is 2. The predicted octanol–water partition coefficient (Wildman–Crippen LogP) is 2.56. The summed E-state index contributed by atoms with van der Waals surface area (Å²) in [5, 5.41) is 36.4. The summed E-state index contributed by atoms with van der Waals surface area (Å²) >= 11 is 0. The van der Waals surface area contributed by atoms with Crippen LogP contribution in [0.25, 0.3) is 10.9 Å². The molecule has 1 aliphatic rings. The van der Waals surface area contributed by atoms with E-state index in [1.54, 1.807) is 0 Å². The molecular weight excluding hydrogens is 484 g/mol. The van der Waals surface area contributed by atoms with E-state index in [0.29, 0.717) is 25.3 Å². The molecule has 10 heteroatoms. The van der Waals surface area contributed by atoms with Crippen LogP contribution in [-0.2, 0) is 17.6 Å². The number of benzene rings is 1. The monoisotopic (exact) mass is 522 g/mol. The van der Waals surface area contributed by atoms with Gasteiger partial charge in [0.15, 0.2) is 0 Å². The number of aliphatic hydroxyl groups is 2. The quantitative estimate of drug-likeness (QED) is 0.189. The molecule has 5 N–H and O–H groups in total. The number of fused-ring (bicyclic) bond motifs is 2. The van der Waals surface area contributed by atoms with Crippen LogP contribution in [0.5, 0.6) is 0 Å². The molecule has 0 bridgehead atoms. The molecule has 1 aliphatic heterocycles. The van der Waals surface area contributed by atoms with Crippen molar-refractivity contribution in [3.05, 3.63) is 54.0 Å². The summed E-state index contributed by atoms with van der Waals surface area (Å²) in [4.78, 5) is 27.5. The van der Waals surface area contributed by atoms with Crippen LogP contribution in [-0.4, -0.2) is 86.6 Å². The topological polar surface area (TPSA) is 144 Å². The van der Waals surface area contributed by atoms with E-state index in [1.165, 1.54) is 11.9 Å². The molecule has 10 nitrogen and oxygen atoms in total. The Morgan fingerprint density at radius 2 is 1.92 bits per heavy atom. The third kappa shape index (κ3) is 7.59. The summed E-state index contributed by atoms with van der Waals surface area (Å²) < 4.78 is 0. The van der Waals surface area contributed by atoms with E-state index in [4.69, 9.17) is 4.98 Å². The number of carboxylic acids is 1. The van der Waals surface area contributed by atoms with Crippen molar-refractivity contribution in [2.45, 2.75) is 44.6 Å². The van der Waals surface area contributed by atoms with Gasteiger partial charge in [0.05, 0.1) is 5.52 Å². The molecule has 3 heterocycles. The van der Waals surface area contributed by atoms with E-state index in [-0.39, 0.29) is 19.1 Å². The molecule has 4 rings (SSSR count). The van der Waals surface area contributed by atoms with E-state index in [0.717, 1.165) is 67.6 Å². The second-order valence-corrected chi connectivity index (χ2v) is 9.89. The molecule has 38 heavy (non-hydrogen) atoms. The lowest BCUT2D eigenvalue weighted by Crippen LogP contribution is -2.39. The van der Waals surface area contributed by atoms with Crippen molar-refractivity contribution in [1.82, 2.24) is 19.9 Å². The van der Waals surface area contributed by atoms with Gasteiger partial charge in [-0.3, -0.25) is 0 Å². The van der Waals surface area contributed by atoms with Gasteiger partial charge in [0.1, 0.15) is 24.0 Å². The normalized spacial score (nSPS) is 13.9. The first kappa shape index (κ1) is 27.7. The van der Waals surface area contributed by atoms with Crippen molar-refractivity contribution in [2.75, 3.05) is 50.0 Å². The first-order valence-electron chi connectivity index (χ1n) is 13.4. The highest BCUT2D eigenvalue weighted by molar-refractivity contribution is 5.90. The van der Waals surface area contributed by atoms with Crippen molar-refractivity contribution < 1.29 is 20.1 Å². The van der Waals surface area contributed by atoms with Crippen molar-refractivity contribution in [1.29, 1.82) is 0 Å². The molecule has 1 atom stereocenters. The van der Waals surface area contributed by atoms with Gasteiger partial charge in [-0.15, -0.1) is 0 Å². The number of aromatic nitrogens is 3. The van der Waals surface area contributed by atoms with Crippen molar-refractivity contribution in [2.24, 2.45) is 5.92 Å². The lowest BCUT2D eigenvalue weighted by molar-refractivity contribution is -0.138. The lowest BCUT2D eigenvalue weighted by atomic mass is 10.1. The number of rotatable bonds is 15. The van der Waals surface area contributed by atoms with Gasteiger partial charge in [-0.1, -0.05) is 18.2 Å². The molecule has 0 saturated carbocycles. The summed E-state index contributed by atoms with van der Waals surface area (Å²) in [6.07, 6.45) is 6.69. The number of aliphatic carboxylic acids is 1. The summed E-state index contributed by atoms with van der Waals surface area (Å²) in [5.41, 5.74) is 3.09. The van der Waals surface area contributed by atoms with E-state index in [9.17, 15) is 20.1 Å². The number of aliphatic hydroxyl groups excluding tert-OH is 2. The van der Waals surface area contributed by atoms with Gasteiger partial charge in [0.25, 0.3) is 0 Å². The number of para-hydroxylation sites is 1. The fraction of sp³-hybridized carbons (Fsp3) is 0.500. The smallest absolute Gasteiger partial charge is 0.326 e. The van der Waals surface area contributed by atoms with Crippen LogP contribution >= 0.6 is 0 Å². The molecule has 0 radical (unpaired) electrons. The predicted molar refractivity (Wildman–Crippen MR) is 147 cm³/mol. The highest BCUT2D eigenvalue weighted by Gasteiger charge is 2.21. The minimum Gasteiger partial charge on any atom is -0.480 e. The standard InChI is InChI=1S/C28H38N6O4/c35-17-20(18-36)16-34(14-4-3-7-22-11-10-21-6-5-13-29-26(21)32-22)15-12-25(28(37)38)33-27-23-8-1-2-9-24(23)30-19-31-27/h1-2,8-11,19-20,25,35-36H,3-7,12-18H2,(H,29,32)(H,37,38)(H,30,31,33). The highest BCUT2D eigenvalue weighted by Crippen LogP contribution is 2.21. The molecule has 204 valence electrons. The zero-order valence-corrected chi connectivity index (χ0v) is 21.7. The number of hydrogen-bond acceptors (Lipinski definition) is 9. The molecule has 2 aromatic heterocycles. The van der Waals surface area contributed by atoms with E-state index < -0.39 is 12.0 Å². The zero-order valence-electron chi connectivity index (χ0n) is 21.7. The molecule has 0 saturated heterocycles. The summed E-state index contributed by atoms with van der Waals surface area (Å²) in [7, 11) is 0. The van der Waals surface area contributed by atoms with Gasteiger partial charge in [-0.05, 0) is 68.8 Å². The summed E-state index contributed by atoms with van der Waals surface area (Å²) in [5.74, 6) is 0.268. The summed E-state index contributed by atoms with van der Waals surface area (Å²) in [6, 6.07) is 10.9. The Kier molecular flexibility index (Phi) is 10.2. The Balaban J connectivity index is 1.33. The van der Waals surface area contributed by atoms with Crippen LogP contribution in [0, 0.1) is 5.92 Å². The van der Waals surface area contributed by atoms with E-state index in [1.807, 2.05) is 24.3 Å². The maximum Gasteiger partial charge on any atom is 0.326 e. The molecule has 3 aromatic rings. The third-order valence-electron chi connectivity index (χ3n) is 7.03. The molecule has 1 aromatic carbocycles. The Labute approximate surface area is 223 Å². The third-order valence-corrected chi connectivity index (χ3v) is 7.03. The highest BCUT2D eigenvalue weighted by atomic mass is 16.4. The largest absolute Gasteiger partial charge is 0.480 e. The van der Waals surface area contributed by atoms with Crippen molar-refractivity contribution >= 4 is 28.5 Å². The first-order valence-corrected chi connectivity index (χ1v) is 13.4. The maximum absolute atomic E-state index is 12.1. The molecule has 0 fully saturated rings. The van der Waals surface area contributed by atoms with Gasteiger partial charge in [0, 0.05) is 49.8 Å². The number of carbonyl (C=O) groups is 1. The van der Waals surface area contributed by atoms with Gasteiger partial charge in [-0.25, -0.2) is 19.7 Å². The SMILES string of the molecule is O=C(O)C(CCN(CCCCc1ccc2c(n1)NCCC2)CC(CO)CO)Nc1ncnc2ccccc12.